The van der Waals surface area contributed by atoms with Crippen LogP contribution >= 0.6 is 0 Å². The third-order valence-corrected chi connectivity index (χ3v) is 3.66. The van der Waals surface area contributed by atoms with Crippen LogP contribution in [0.1, 0.15) is 43.7 Å². The summed E-state index contributed by atoms with van der Waals surface area (Å²) in [6.07, 6.45) is 6.73. The molecular formula is C18H24O2. The second-order valence-corrected chi connectivity index (χ2v) is 5.13. The summed E-state index contributed by atoms with van der Waals surface area (Å²) in [7, 11) is 0. The van der Waals surface area contributed by atoms with Gasteiger partial charge in [-0.25, -0.2) is 4.79 Å². The molecule has 1 aromatic rings. The highest BCUT2D eigenvalue weighted by molar-refractivity contribution is 5.86. The van der Waals surface area contributed by atoms with Crippen LogP contribution in [0.2, 0.25) is 0 Å². The zero-order valence-corrected chi connectivity index (χ0v) is 12.3. The van der Waals surface area contributed by atoms with Crippen LogP contribution in [-0.2, 0) is 11.2 Å². The Hall–Kier alpha value is -1.83. The molecule has 0 saturated carbocycles. The summed E-state index contributed by atoms with van der Waals surface area (Å²) < 4.78 is 0. The number of carbonyl (C=O) groups is 1. The van der Waals surface area contributed by atoms with Gasteiger partial charge in [-0.2, -0.15) is 0 Å². The minimum Gasteiger partial charge on any atom is -0.478 e. The third kappa shape index (κ3) is 4.69. The molecule has 1 rings (SSSR count). The zero-order chi connectivity index (χ0) is 15.0. The van der Waals surface area contributed by atoms with E-state index in [9.17, 15) is 9.90 Å². The second-order valence-electron chi connectivity index (χ2n) is 5.13. The Kier molecular flexibility index (Phi) is 6.78. The van der Waals surface area contributed by atoms with Gasteiger partial charge in [-0.15, -0.1) is 0 Å². The fraction of sp³-hybridized carbons (Fsp3) is 0.389. The van der Waals surface area contributed by atoms with Gasteiger partial charge >= 0.3 is 5.97 Å². The van der Waals surface area contributed by atoms with Crippen molar-refractivity contribution in [2.75, 3.05) is 0 Å². The molecule has 20 heavy (non-hydrogen) atoms. The molecule has 0 aliphatic heterocycles. The SMILES string of the molecule is C=Cc1ccccc1CC(CCCCC)C(=C)C(=O)O. The van der Waals surface area contributed by atoms with Gasteiger partial charge in [0.1, 0.15) is 0 Å². The van der Waals surface area contributed by atoms with Crippen molar-refractivity contribution in [3.63, 3.8) is 0 Å². The van der Waals surface area contributed by atoms with E-state index in [1.54, 1.807) is 0 Å². The van der Waals surface area contributed by atoms with Crippen LogP contribution in [0.4, 0.5) is 0 Å². The number of benzene rings is 1. The molecule has 0 aromatic heterocycles. The molecule has 2 nitrogen and oxygen atoms in total. The molecule has 1 atom stereocenters. The summed E-state index contributed by atoms with van der Waals surface area (Å²) in [5, 5.41) is 9.19. The molecule has 0 aliphatic carbocycles. The van der Waals surface area contributed by atoms with Gasteiger partial charge in [0, 0.05) is 5.57 Å². The van der Waals surface area contributed by atoms with Crippen LogP contribution in [0, 0.1) is 5.92 Å². The van der Waals surface area contributed by atoms with Gasteiger partial charge in [-0.1, -0.05) is 69.7 Å². The molecule has 0 aliphatic rings. The monoisotopic (exact) mass is 272 g/mol. The van der Waals surface area contributed by atoms with E-state index in [0.29, 0.717) is 5.57 Å². The molecule has 108 valence electrons. The minimum atomic E-state index is -0.886. The van der Waals surface area contributed by atoms with Crippen molar-refractivity contribution in [3.05, 3.63) is 54.1 Å². The van der Waals surface area contributed by atoms with Crippen LogP contribution in [0.15, 0.2) is 43.0 Å². The smallest absolute Gasteiger partial charge is 0.331 e. The second kappa shape index (κ2) is 8.36. The van der Waals surface area contributed by atoms with E-state index in [-0.39, 0.29) is 5.92 Å². The maximum atomic E-state index is 11.2. The highest BCUT2D eigenvalue weighted by atomic mass is 16.4. The summed E-state index contributed by atoms with van der Waals surface area (Å²) in [6.45, 7) is 9.72. The molecular weight excluding hydrogens is 248 g/mol. The first-order valence-electron chi connectivity index (χ1n) is 7.22. The molecule has 0 saturated heterocycles. The van der Waals surface area contributed by atoms with Crippen LogP contribution < -0.4 is 0 Å². The molecule has 2 heteroatoms. The molecule has 0 fully saturated rings. The van der Waals surface area contributed by atoms with Gasteiger partial charge in [0.25, 0.3) is 0 Å². The number of unbranched alkanes of at least 4 members (excludes halogenated alkanes) is 2. The number of hydrogen-bond acceptors (Lipinski definition) is 1. The summed E-state index contributed by atoms with van der Waals surface area (Å²) in [5.41, 5.74) is 2.54. The topological polar surface area (TPSA) is 37.3 Å². The highest BCUT2D eigenvalue weighted by Gasteiger charge is 2.19. The average Bonchev–Trinajstić information content (AvgIpc) is 2.46. The van der Waals surface area contributed by atoms with E-state index in [0.717, 1.165) is 43.2 Å². The van der Waals surface area contributed by atoms with Gasteiger partial charge in [0.2, 0.25) is 0 Å². The molecule has 1 N–H and O–H groups in total. The maximum Gasteiger partial charge on any atom is 0.331 e. The highest BCUT2D eigenvalue weighted by Crippen LogP contribution is 2.24. The lowest BCUT2D eigenvalue weighted by atomic mass is 9.86. The maximum absolute atomic E-state index is 11.2. The standard InChI is InChI=1S/C18H24O2/c1-4-6-7-11-16(14(3)18(19)20)13-17-12-9-8-10-15(17)5-2/h5,8-10,12,16H,2-4,6-7,11,13H2,1H3,(H,19,20). The van der Waals surface area contributed by atoms with Crippen LogP contribution in [0.3, 0.4) is 0 Å². The van der Waals surface area contributed by atoms with Crippen LogP contribution in [0.5, 0.6) is 0 Å². The number of carboxylic acids is 1. The largest absolute Gasteiger partial charge is 0.478 e. The first-order valence-corrected chi connectivity index (χ1v) is 7.22. The first-order chi connectivity index (χ1) is 9.60. The lowest BCUT2D eigenvalue weighted by Crippen LogP contribution is -2.15. The molecule has 1 unspecified atom stereocenters. The molecule has 0 spiro atoms. The quantitative estimate of drug-likeness (QED) is 0.522. The molecule has 0 radical (unpaired) electrons. The minimum absolute atomic E-state index is 0.000139. The van der Waals surface area contributed by atoms with Gasteiger partial charge in [0.05, 0.1) is 0 Å². The van der Waals surface area contributed by atoms with E-state index in [2.05, 4.69) is 20.1 Å². The average molecular weight is 272 g/mol. The van der Waals surface area contributed by atoms with Crippen molar-refractivity contribution in [1.82, 2.24) is 0 Å². The van der Waals surface area contributed by atoms with Crippen molar-refractivity contribution in [3.8, 4) is 0 Å². The fourth-order valence-electron chi connectivity index (χ4n) is 2.40. The van der Waals surface area contributed by atoms with E-state index in [1.807, 2.05) is 30.3 Å². The Morgan fingerprint density at radius 2 is 2.05 bits per heavy atom. The Bertz CT molecular complexity index is 474. The first kappa shape index (κ1) is 16.2. The molecule has 0 amide bonds. The summed E-state index contributed by atoms with van der Waals surface area (Å²) in [6, 6.07) is 8.00. The van der Waals surface area contributed by atoms with Gasteiger partial charge in [-0.3, -0.25) is 0 Å². The van der Waals surface area contributed by atoms with Gasteiger partial charge in [0.15, 0.2) is 0 Å². The third-order valence-electron chi connectivity index (χ3n) is 3.66. The fourth-order valence-corrected chi connectivity index (χ4v) is 2.40. The van der Waals surface area contributed by atoms with Crippen molar-refractivity contribution < 1.29 is 9.90 Å². The van der Waals surface area contributed by atoms with Crippen molar-refractivity contribution in [2.24, 2.45) is 5.92 Å². The molecule has 1 aromatic carbocycles. The van der Waals surface area contributed by atoms with E-state index in [4.69, 9.17) is 0 Å². The predicted octanol–water partition coefficient (Wildman–Crippen LogP) is 4.71. The predicted molar refractivity (Wildman–Crippen MR) is 84.6 cm³/mol. The van der Waals surface area contributed by atoms with Gasteiger partial charge in [-0.05, 0) is 29.9 Å². The zero-order valence-electron chi connectivity index (χ0n) is 12.3. The Morgan fingerprint density at radius 1 is 1.35 bits per heavy atom. The Morgan fingerprint density at radius 3 is 2.65 bits per heavy atom. The number of hydrogen-bond donors (Lipinski definition) is 1. The van der Waals surface area contributed by atoms with Crippen molar-refractivity contribution in [1.29, 1.82) is 0 Å². The Labute approximate surface area is 121 Å². The number of aliphatic carboxylic acids is 1. The van der Waals surface area contributed by atoms with Crippen LogP contribution in [-0.4, -0.2) is 11.1 Å². The molecule has 0 bridgehead atoms. The Balaban J connectivity index is 2.85. The summed E-state index contributed by atoms with van der Waals surface area (Å²) >= 11 is 0. The van der Waals surface area contributed by atoms with E-state index in [1.165, 1.54) is 0 Å². The summed E-state index contributed by atoms with van der Waals surface area (Å²) in [4.78, 5) is 11.2. The van der Waals surface area contributed by atoms with Gasteiger partial charge < -0.3 is 5.11 Å². The van der Waals surface area contributed by atoms with Crippen LogP contribution in [0.25, 0.3) is 6.08 Å². The number of rotatable bonds is 9. The van der Waals surface area contributed by atoms with Crippen molar-refractivity contribution in [2.45, 2.75) is 39.0 Å². The summed E-state index contributed by atoms with van der Waals surface area (Å²) in [5.74, 6) is -0.886. The number of carboxylic acid groups (broad SMARTS) is 1. The van der Waals surface area contributed by atoms with Crippen molar-refractivity contribution >= 4 is 12.0 Å². The van der Waals surface area contributed by atoms with E-state index >= 15 is 0 Å². The lowest BCUT2D eigenvalue weighted by Gasteiger charge is -2.18. The lowest BCUT2D eigenvalue weighted by molar-refractivity contribution is -0.133. The van der Waals surface area contributed by atoms with E-state index < -0.39 is 5.97 Å². The molecule has 0 heterocycles. The normalized spacial score (nSPS) is 11.8.